The lowest BCUT2D eigenvalue weighted by molar-refractivity contribution is 0.0935. The highest BCUT2D eigenvalue weighted by atomic mass is 16.2. The van der Waals surface area contributed by atoms with E-state index in [1.165, 1.54) is 6.08 Å². The van der Waals surface area contributed by atoms with Crippen molar-refractivity contribution in [3.63, 3.8) is 0 Å². The van der Waals surface area contributed by atoms with Gasteiger partial charge in [-0.05, 0) is 43.9 Å². The first-order valence-corrected chi connectivity index (χ1v) is 12.3. The lowest BCUT2D eigenvalue weighted by atomic mass is 9.95. The molecule has 1 amide bonds. The van der Waals surface area contributed by atoms with Crippen molar-refractivity contribution >= 4 is 34.8 Å². The van der Waals surface area contributed by atoms with Gasteiger partial charge in [0, 0.05) is 18.5 Å². The van der Waals surface area contributed by atoms with Crippen molar-refractivity contribution in [2.24, 2.45) is 5.92 Å². The minimum Gasteiger partial charge on any atom is -0.379 e. The molecule has 1 aliphatic rings. The van der Waals surface area contributed by atoms with Gasteiger partial charge in [0.15, 0.2) is 0 Å². The van der Waals surface area contributed by atoms with Gasteiger partial charge in [0.1, 0.15) is 29.2 Å². The van der Waals surface area contributed by atoms with Crippen LogP contribution in [0.15, 0.2) is 72.1 Å². The number of aromatic nitrogens is 2. The third kappa shape index (κ3) is 6.30. The number of nitrogens with one attached hydrogen (secondary N) is 3. The molecule has 2 heterocycles. The lowest BCUT2D eigenvalue weighted by Gasteiger charge is -2.25. The second kappa shape index (κ2) is 12.4. The summed E-state index contributed by atoms with van der Waals surface area (Å²) in [6.07, 6.45) is 2.60. The molecule has 0 spiro atoms. The molecule has 0 bridgehead atoms. The normalized spacial score (nSPS) is 15.8. The molecule has 38 heavy (non-hydrogen) atoms. The molecule has 3 aromatic rings. The minimum atomic E-state index is -0.805. The largest absolute Gasteiger partial charge is 0.379 e. The van der Waals surface area contributed by atoms with Gasteiger partial charge in [-0.15, -0.1) is 0 Å². The monoisotopic (exact) mass is 509 g/mol. The summed E-state index contributed by atoms with van der Waals surface area (Å²) in [6.45, 7) is 2.33. The average Bonchev–Trinajstić information content (AvgIpc) is 3.38. The first kappa shape index (κ1) is 26.3. The summed E-state index contributed by atoms with van der Waals surface area (Å²) in [5, 5.41) is 8.94. The number of amides is 1. The van der Waals surface area contributed by atoms with E-state index in [9.17, 15) is 19.2 Å². The Bertz CT molecular complexity index is 1470. The van der Waals surface area contributed by atoms with Crippen molar-refractivity contribution in [2.75, 3.05) is 6.54 Å². The average molecular weight is 510 g/mol. The number of fused-ring (bicyclic) bond motifs is 1. The fourth-order valence-electron chi connectivity index (χ4n) is 4.59. The van der Waals surface area contributed by atoms with E-state index in [2.05, 4.69) is 25.9 Å². The third-order valence-corrected chi connectivity index (χ3v) is 6.48. The molecule has 9 heteroatoms. The van der Waals surface area contributed by atoms with Crippen molar-refractivity contribution in [1.82, 2.24) is 25.9 Å². The number of carbonyl (C=O) groups is 1. The second-order valence-corrected chi connectivity index (χ2v) is 9.08. The summed E-state index contributed by atoms with van der Waals surface area (Å²) in [5.74, 6) is 4.95. The Morgan fingerprint density at radius 1 is 1.05 bits per heavy atom. The van der Waals surface area contributed by atoms with Gasteiger partial charge in [-0.25, -0.2) is 24.4 Å². The van der Waals surface area contributed by atoms with E-state index in [-0.39, 0.29) is 23.7 Å². The van der Waals surface area contributed by atoms with Crippen LogP contribution in [-0.4, -0.2) is 52.3 Å². The van der Waals surface area contributed by atoms with Gasteiger partial charge in [0.2, 0.25) is 0 Å². The van der Waals surface area contributed by atoms with Crippen LogP contribution in [0.4, 0.5) is 0 Å². The molecule has 2 unspecified atom stereocenters. The highest BCUT2D eigenvalue weighted by Gasteiger charge is 2.28. The number of allylic oxidation sites excluding steroid dienone is 1. The fourth-order valence-corrected chi connectivity index (χ4v) is 4.59. The molecule has 2 aromatic carbocycles. The summed E-state index contributed by atoms with van der Waals surface area (Å²) in [6, 6.07) is 15.2. The molecule has 3 N–H and O–H groups in total. The molecule has 3 atom stereocenters. The molecule has 0 saturated carbocycles. The van der Waals surface area contributed by atoms with Gasteiger partial charge in [-0.3, -0.25) is 4.79 Å². The van der Waals surface area contributed by atoms with Crippen LogP contribution in [0.25, 0.3) is 11.0 Å². The minimum absolute atomic E-state index is 0.0627. The van der Waals surface area contributed by atoms with Crippen LogP contribution in [0.3, 0.4) is 0 Å². The number of benzene rings is 2. The summed E-state index contributed by atoms with van der Waals surface area (Å²) < 4.78 is 0. The van der Waals surface area contributed by atoms with Gasteiger partial charge in [0.05, 0.1) is 34.5 Å². The highest BCUT2D eigenvalue weighted by Crippen LogP contribution is 2.23. The predicted octanol–water partition coefficient (Wildman–Crippen LogP) is 2.06. The van der Waals surface area contributed by atoms with E-state index < -0.39 is 18.0 Å². The number of carbonyl (C=O) groups excluding carboxylic acids is 4. The summed E-state index contributed by atoms with van der Waals surface area (Å²) in [4.78, 5) is 57.1. The van der Waals surface area contributed by atoms with E-state index in [4.69, 9.17) is 0 Å². The van der Waals surface area contributed by atoms with Crippen LogP contribution < -0.4 is 16.0 Å². The zero-order valence-corrected chi connectivity index (χ0v) is 20.9. The molecule has 1 saturated heterocycles. The molecule has 0 aliphatic carbocycles. The second-order valence-electron chi connectivity index (χ2n) is 9.08. The smallest absolute Gasteiger partial charge is 0.272 e. The number of rotatable bonds is 10. The van der Waals surface area contributed by atoms with Crippen LogP contribution in [0.1, 0.15) is 34.6 Å². The Kier molecular flexibility index (Phi) is 8.60. The maximum Gasteiger partial charge on any atom is 0.272 e. The molecule has 1 aromatic heterocycles. The standard InChI is InChI=1S/C29H27N5O4/c1-19-28(33-24-10-6-5-9-23(24)31-19)29(38)34-25(15-20-7-3-2-4-8-20)27(18-37)32-22(12-14-35)16-21-11-13-30-26(21)17-36/h2-10,12,21-22,25,30,32H,11,13,15-16H2,1H3,(H,34,38)/t21-,22?,25?/m0/s1. The van der Waals surface area contributed by atoms with Crippen molar-refractivity contribution in [3.05, 3.63) is 89.0 Å². The van der Waals surface area contributed by atoms with Gasteiger partial charge >= 0.3 is 0 Å². The first-order chi connectivity index (χ1) is 18.5. The number of para-hydroxylation sites is 2. The number of aryl methyl sites for hydroxylation is 1. The maximum atomic E-state index is 13.4. The topological polar surface area (TPSA) is 130 Å². The molecule has 1 aliphatic heterocycles. The van der Waals surface area contributed by atoms with Crippen LogP contribution in [0, 0.1) is 12.8 Å². The molecule has 1 fully saturated rings. The molecular weight excluding hydrogens is 482 g/mol. The van der Waals surface area contributed by atoms with E-state index in [1.54, 1.807) is 18.9 Å². The summed E-state index contributed by atoms with van der Waals surface area (Å²) in [7, 11) is 0. The quantitative estimate of drug-likeness (QED) is 0.354. The number of hydrogen-bond donors (Lipinski definition) is 3. The number of hydrogen-bond acceptors (Lipinski definition) is 8. The maximum absolute atomic E-state index is 13.4. The molecule has 0 radical (unpaired) electrons. The first-order valence-electron chi connectivity index (χ1n) is 12.3. The Morgan fingerprint density at radius 3 is 2.45 bits per heavy atom. The van der Waals surface area contributed by atoms with Crippen LogP contribution in [0.2, 0.25) is 0 Å². The molecule has 4 rings (SSSR count). The predicted molar refractivity (Wildman–Crippen MR) is 142 cm³/mol. The van der Waals surface area contributed by atoms with Crippen molar-refractivity contribution < 1.29 is 19.2 Å². The SMILES string of the molecule is Cc1nc2ccccc2nc1C(=O)NC(Cc1ccccc1)C(=C=O)NC(C=C=O)C[C@@H]1CCNC1=C=O. The zero-order chi connectivity index (χ0) is 26.9. The fraction of sp³-hybridized carbons (Fsp3) is 0.276. The van der Waals surface area contributed by atoms with Gasteiger partial charge in [0.25, 0.3) is 5.91 Å². The van der Waals surface area contributed by atoms with Gasteiger partial charge < -0.3 is 16.0 Å². The van der Waals surface area contributed by atoms with Gasteiger partial charge in [-0.1, -0.05) is 42.5 Å². The summed E-state index contributed by atoms with van der Waals surface area (Å²) in [5.41, 5.74) is 3.22. The van der Waals surface area contributed by atoms with E-state index in [0.29, 0.717) is 41.8 Å². The van der Waals surface area contributed by atoms with Crippen LogP contribution in [-0.2, 0) is 20.8 Å². The lowest BCUT2D eigenvalue weighted by Crippen LogP contribution is -2.45. The Balaban J connectivity index is 1.61. The van der Waals surface area contributed by atoms with E-state index in [0.717, 1.165) is 5.56 Å². The molecule has 9 nitrogen and oxygen atoms in total. The van der Waals surface area contributed by atoms with Crippen LogP contribution in [0.5, 0.6) is 0 Å². The van der Waals surface area contributed by atoms with Gasteiger partial charge in [-0.2, -0.15) is 0 Å². The van der Waals surface area contributed by atoms with Crippen molar-refractivity contribution in [3.8, 4) is 0 Å². The Labute approximate surface area is 219 Å². The Hall–Kier alpha value is -4.80. The third-order valence-electron chi connectivity index (χ3n) is 6.48. The molecule has 192 valence electrons. The van der Waals surface area contributed by atoms with E-state index >= 15 is 0 Å². The Morgan fingerprint density at radius 2 is 1.76 bits per heavy atom. The molecular formula is C29H27N5O4. The van der Waals surface area contributed by atoms with Crippen molar-refractivity contribution in [2.45, 2.75) is 38.3 Å². The zero-order valence-electron chi connectivity index (χ0n) is 20.9. The summed E-state index contributed by atoms with van der Waals surface area (Å²) >= 11 is 0. The van der Waals surface area contributed by atoms with Crippen LogP contribution >= 0.6 is 0 Å². The number of nitrogens with zero attached hydrogens (tertiary/aromatic N) is 2. The highest BCUT2D eigenvalue weighted by molar-refractivity contribution is 5.95. The van der Waals surface area contributed by atoms with Crippen molar-refractivity contribution in [1.29, 1.82) is 0 Å². The van der Waals surface area contributed by atoms with E-state index in [1.807, 2.05) is 60.4 Å².